The molecule has 0 atom stereocenters. The summed E-state index contributed by atoms with van der Waals surface area (Å²) in [6, 6.07) is 0. The number of aliphatic carboxylic acids is 2. The Morgan fingerprint density at radius 1 is 0.789 bits per heavy atom. The van der Waals surface area contributed by atoms with E-state index in [1.807, 2.05) is 0 Å². The minimum Gasteiger partial charge on any atom is -0.478 e. The number of carbonyl (C=O) groups is 2. The lowest BCUT2D eigenvalue weighted by atomic mass is 9.93. The molecule has 0 aromatic carbocycles. The summed E-state index contributed by atoms with van der Waals surface area (Å²) >= 11 is 0. The monoisotopic (exact) mass is 280 g/mol. The average molecular weight is 280 g/mol. The topological polar surface area (TPSA) is 156 Å². The van der Waals surface area contributed by atoms with Crippen LogP contribution in [0, 0.1) is 5.41 Å². The molecule has 6 N–H and O–H groups in total. The van der Waals surface area contributed by atoms with Crippen LogP contribution in [0.4, 0.5) is 0 Å². The lowest BCUT2D eigenvalue weighted by molar-refractivity contribution is -0.132. The molecule has 0 aliphatic heterocycles. The largest absolute Gasteiger partial charge is 0.478 e. The maximum absolute atomic E-state index is 9.25. The molecule has 0 bridgehead atoms. The second kappa shape index (κ2) is 14.3. The van der Waals surface area contributed by atoms with Crippen LogP contribution in [-0.4, -0.2) is 69.0 Å². The summed E-state index contributed by atoms with van der Waals surface area (Å²) in [6.07, 6.45) is 1.67. The molecular weight excluding hydrogens is 260 g/mol. The summed E-state index contributed by atoms with van der Waals surface area (Å²) in [5.74, 6) is -1.96. The minimum atomic E-state index is -1.11. The van der Waals surface area contributed by atoms with Gasteiger partial charge < -0.3 is 30.6 Å². The van der Waals surface area contributed by atoms with Gasteiger partial charge in [-0.25, -0.2) is 9.59 Å². The number of aliphatic hydroxyl groups is 4. The Morgan fingerprint density at radius 3 is 0.947 bits per heavy atom. The third-order valence-electron chi connectivity index (χ3n) is 1.69. The van der Waals surface area contributed by atoms with E-state index in [1.165, 1.54) is 0 Å². The van der Waals surface area contributed by atoms with Crippen molar-refractivity contribution in [3.8, 4) is 0 Å². The lowest BCUT2D eigenvalue weighted by Gasteiger charge is -2.23. The Morgan fingerprint density at radius 2 is 0.947 bits per heavy atom. The van der Waals surface area contributed by atoms with E-state index in [1.54, 1.807) is 0 Å². The van der Waals surface area contributed by atoms with Crippen molar-refractivity contribution in [1.82, 2.24) is 0 Å². The molecule has 112 valence electrons. The Balaban J connectivity index is -0.000000219. The van der Waals surface area contributed by atoms with E-state index in [0.717, 1.165) is 12.2 Å². The Hall–Kier alpha value is -1.74. The van der Waals surface area contributed by atoms with E-state index in [2.05, 4.69) is 13.2 Å². The Labute approximate surface area is 110 Å². The maximum atomic E-state index is 9.25. The fraction of sp³-hybridized carbons (Fsp3) is 0.455. The van der Waals surface area contributed by atoms with Crippen molar-refractivity contribution >= 4 is 11.9 Å². The fourth-order valence-electron chi connectivity index (χ4n) is 0.300. The predicted molar refractivity (Wildman–Crippen MR) is 66.4 cm³/mol. The van der Waals surface area contributed by atoms with Gasteiger partial charge in [-0.3, -0.25) is 0 Å². The van der Waals surface area contributed by atoms with Crippen LogP contribution in [0.3, 0.4) is 0 Å². The molecular formula is C11H20O8. The summed E-state index contributed by atoms with van der Waals surface area (Å²) in [7, 11) is 0. The number of hydrogen-bond acceptors (Lipinski definition) is 6. The zero-order chi connectivity index (χ0) is 15.9. The second-order valence-corrected chi connectivity index (χ2v) is 3.22. The zero-order valence-electron chi connectivity index (χ0n) is 10.4. The highest BCUT2D eigenvalue weighted by atomic mass is 16.4. The van der Waals surface area contributed by atoms with Gasteiger partial charge in [0.25, 0.3) is 0 Å². The molecule has 8 heteroatoms. The van der Waals surface area contributed by atoms with Crippen LogP contribution < -0.4 is 0 Å². The van der Waals surface area contributed by atoms with Crippen molar-refractivity contribution < 1.29 is 40.2 Å². The van der Waals surface area contributed by atoms with E-state index in [0.29, 0.717) is 0 Å². The summed E-state index contributed by atoms with van der Waals surface area (Å²) in [5.41, 5.74) is -1.11. The van der Waals surface area contributed by atoms with Gasteiger partial charge in [0.05, 0.1) is 31.8 Å². The first-order chi connectivity index (χ1) is 8.78. The highest BCUT2D eigenvalue weighted by Gasteiger charge is 2.26. The molecule has 0 spiro atoms. The normalized spacial score (nSPS) is 9.05. The van der Waals surface area contributed by atoms with Gasteiger partial charge in [0.1, 0.15) is 0 Å². The number of carboxylic acid groups (broad SMARTS) is 2. The Bertz CT molecular complexity index is 234. The predicted octanol–water partition coefficient (Wildman–Crippen LogP) is -1.54. The fourth-order valence-corrected chi connectivity index (χ4v) is 0.300. The van der Waals surface area contributed by atoms with Crippen LogP contribution in [0.25, 0.3) is 0 Å². The molecule has 0 saturated heterocycles. The van der Waals surface area contributed by atoms with Crippen molar-refractivity contribution in [1.29, 1.82) is 0 Å². The van der Waals surface area contributed by atoms with E-state index in [-0.39, 0.29) is 0 Å². The number of rotatable bonds is 6. The quantitative estimate of drug-likeness (QED) is 0.320. The van der Waals surface area contributed by atoms with Crippen LogP contribution in [0.15, 0.2) is 25.3 Å². The standard InChI is InChI=1S/C5H12O4.2C3H4O2/c6-1-5(2-7,3-8)4-9;2*1-2-3(4)5/h6-9H,1-4H2;2*2H,1H2,(H,4,5). The van der Waals surface area contributed by atoms with Gasteiger partial charge in [0.2, 0.25) is 0 Å². The van der Waals surface area contributed by atoms with Gasteiger partial charge in [-0.2, -0.15) is 0 Å². The van der Waals surface area contributed by atoms with Crippen LogP contribution in [0.2, 0.25) is 0 Å². The van der Waals surface area contributed by atoms with Crippen LogP contribution in [-0.2, 0) is 9.59 Å². The molecule has 0 fully saturated rings. The van der Waals surface area contributed by atoms with Crippen LogP contribution >= 0.6 is 0 Å². The maximum Gasteiger partial charge on any atom is 0.327 e. The summed E-state index contributed by atoms with van der Waals surface area (Å²) < 4.78 is 0. The molecule has 0 saturated carbocycles. The first-order valence-corrected chi connectivity index (χ1v) is 4.93. The van der Waals surface area contributed by atoms with E-state index in [4.69, 9.17) is 30.6 Å². The van der Waals surface area contributed by atoms with Crippen molar-refractivity contribution in [3.63, 3.8) is 0 Å². The van der Waals surface area contributed by atoms with E-state index in [9.17, 15) is 9.59 Å². The second-order valence-electron chi connectivity index (χ2n) is 3.22. The Kier molecular flexibility index (Phi) is 16.9. The third-order valence-corrected chi connectivity index (χ3v) is 1.69. The molecule has 0 unspecified atom stereocenters. The molecule has 0 aliphatic carbocycles. The molecule has 0 radical (unpaired) electrons. The number of hydrogen-bond donors (Lipinski definition) is 6. The summed E-state index contributed by atoms with van der Waals surface area (Å²) in [4.78, 5) is 18.5. The number of carboxylic acids is 2. The molecule has 0 heterocycles. The average Bonchev–Trinajstić information content (AvgIpc) is 2.43. The first kappa shape index (κ1) is 22.4. The lowest BCUT2D eigenvalue weighted by Crippen LogP contribution is -2.37. The van der Waals surface area contributed by atoms with E-state index >= 15 is 0 Å². The third kappa shape index (κ3) is 16.3. The van der Waals surface area contributed by atoms with Gasteiger partial charge in [-0.1, -0.05) is 13.2 Å². The summed E-state index contributed by atoms with van der Waals surface area (Å²) in [6.45, 7) is 4.30. The van der Waals surface area contributed by atoms with Crippen molar-refractivity contribution in [3.05, 3.63) is 25.3 Å². The molecule has 19 heavy (non-hydrogen) atoms. The summed E-state index contributed by atoms with van der Waals surface area (Å²) in [5, 5.41) is 49.2. The zero-order valence-corrected chi connectivity index (χ0v) is 10.4. The van der Waals surface area contributed by atoms with Crippen molar-refractivity contribution in [2.24, 2.45) is 5.41 Å². The van der Waals surface area contributed by atoms with E-state index < -0.39 is 43.8 Å². The minimum absolute atomic E-state index is 0.406. The van der Waals surface area contributed by atoms with Crippen LogP contribution in [0.5, 0.6) is 0 Å². The van der Waals surface area contributed by atoms with Gasteiger partial charge in [-0.05, 0) is 0 Å². The molecule has 0 aromatic heterocycles. The SMILES string of the molecule is C=CC(=O)O.C=CC(=O)O.OCC(CO)(CO)CO. The van der Waals surface area contributed by atoms with Crippen LogP contribution in [0.1, 0.15) is 0 Å². The molecule has 0 amide bonds. The number of aliphatic hydroxyl groups excluding tert-OH is 4. The smallest absolute Gasteiger partial charge is 0.327 e. The van der Waals surface area contributed by atoms with Crippen molar-refractivity contribution in [2.75, 3.05) is 26.4 Å². The van der Waals surface area contributed by atoms with Gasteiger partial charge >= 0.3 is 11.9 Å². The van der Waals surface area contributed by atoms with Gasteiger partial charge in [0, 0.05) is 12.2 Å². The molecule has 0 aromatic rings. The molecule has 0 rings (SSSR count). The molecule has 8 nitrogen and oxygen atoms in total. The first-order valence-electron chi connectivity index (χ1n) is 4.93. The van der Waals surface area contributed by atoms with Gasteiger partial charge in [0.15, 0.2) is 0 Å². The van der Waals surface area contributed by atoms with Crippen molar-refractivity contribution in [2.45, 2.75) is 0 Å². The highest BCUT2D eigenvalue weighted by molar-refractivity contribution is 5.79. The molecule has 0 aliphatic rings. The highest BCUT2D eigenvalue weighted by Crippen LogP contribution is 2.11. The van der Waals surface area contributed by atoms with Gasteiger partial charge in [-0.15, -0.1) is 0 Å².